The highest BCUT2D eigenvalue weighted by Crippen LogP contribution is 2.18. The molecular formula is C14H26N2O2. The van der Waals surface area contributed by atoms with E-state index in [1.807, 2.05) is 0 Å². The van der Waals surface area contributed by atoms with Crippen LogP contribution in [0.5, 0.6) is 0 Å². The van der Waals surface area contributed by atoms with Gasteiger partial charge in [0.2, 0.25) is 5.91 Å². The molecule has 0 aliphatic carbocycles. The molecule has 0 aromatic heterocycles. The normalized spacial score (nSPS) is 27.4. The summed E-state index contributed by atoms with van der Waals surface area (Å²) < 4.78 is 5.36. The van der Waals surface area contributed by atoms with Crippen molar-refractivity contribution in [2.75, 3.05) is 33.3 Å². The van der Waals surface area contributed by atoms with Gasteiger partial charge in [0.25, 0.3) is 0 Å². The van der Waals surface area contributed by atoms with Crippen LogP contribution in [0.4, 0.5) is 0 Å². The Morgan fingerprint density at radius 2 is 1.89 bits per heavy atom. The molecule has 2 aliphatic heterocycles. The van der Waals surface area contributed by atoms with E-state index in [-0.39, 0.29) is 0 Å². The standard InChI is InChI=1S/C14H26N2O2/c1-12-5-3-4-8-16(12)14(17)11-15-9-6-13(18-2)7-10-15/h12-13H,3-11H2,1-2H3/t12-/m0/s1. The molecule has 4 nitrogen and oxygen atoms in total. The SMILES string of the molecule is COC1CCN(CC(=O)N2CCCC[C@@H]2C)CC1. The second-order valence-electron chi connectivity index (χ2n) is 5.64. The van der Waals surface area contributed by atoms with Crippen molar-refractivity contribution < 1.29 is 9.53 Å². The second kappa shape index (κ2) is 6.53. The van der Waals surface area contributed by atoms with Crippen LogP contribution >= 0.6 is 0 Å². The van der Waals surface area contributed by atoms with Crippen molar-refractivity contribution in [2.45, 2.75) is 51.2 Å². The van der Waals surface area contributed by atoms with E-state index in [1.54, 1.807) is 7.11 Å². The van der Waals surface area contributed by atoms with Gasteiger partial charge in [0.05, 0.1) is 12.6 Å². The zero-order valence-corrected chi connectivity index (χ0v) is 11.7. The Kier molecular flexibility index (Phi) is 5.01. The Bertz CT molecular complexity index is 275. The molecule has 4 heteroatoms. The minimum Gasteiger partial charge on any atom is -0.381 e. The summed E-state index contributed by atoms with van der Waals surface area (Å²) in [5.41, 5.74) is 0. The molecule has 0 N–H and O–H groups in total. The number of amides is 1. The molecule has 2 aliphatic rings. The van der Waals surface area contributed by atoms with Crippen LogP contribution in [0.3, 0.4) is 0 Å². The molecule has 0 aromatic carbocycles. The van der Waals surface area contributed by atoms with E-state index in [0.717, 1.165) is 38.9 Å². The maximum absolute atomic E-state index is 12.3. The summed E-state index contributed by atoms with van der Waals surface area (Å²) in [6.45, 7) is 5.71. The van der Waals surface area contributed by atoms with Crippen molar-refractivity contribution in [3.05, 3.63) is 0 Å². The molecule has 1 amide bonds. The number of likely N-dealkylation sites (tertiary alicyclic amines) is 2. The van der Waals surface area contributed by atoms with Crippen LogP contribution in [0.25, 0.3) is 0 Å². The lowest BCUT2D eigenvalue weighted by Crippen LogP contribution is -2.48. The van der Waals surface area contributed by atoms with Crippen LogP contribution in [0.2, 0.25) is 0 Å². The average Bonchev–Trinajstić information content (AvgIpc) is 2.40. The van der Waals surface area contributed by atoms with Gasteiger partial charge in [-0.1, -0.05) is 0 Å². The summed E-state index contributed by atoms with van der Waals surface area (Å²) in [6, 6.07) is 0.433. The van der Waals surface area contributed by atoms with E-state index in [9.17, 15) is 4.79 Å². The van der Waals surface area contributed by atoms with Gasteiger partial charge < -0.3 is 9.64 Å². The zero-order chi connectivity index (χ0) is 13.0. The van der Waals surface area contributed by atoms with Crippen molar-refractivity contribution in [3.63, 3.8) is 0 Å². The first-order valence-electron chi connectivity index (χ1n) is 7.25. The van der Waals surface area contributed by atoms with Gasteiger partial charge in [0.1, 0.15) is 0 Å². The Labute approximate surface area is 110 Å². The first-order valence-corrected chi connectivity index (χ1v) is 7.25. The fourth-order valence-corrected chi connectivity index (χ4v) is 3.05. The third-order valence-electron chi connectivity index (χ3n) is 4.35. The molecule has 2 fully saturated rings. The van der Waals surface area contributed by atoms with Gasteiger partial charge in [-0.25, -0.2) is 0 Å². The van der Waals surface area contributed by atoms with E-state index >= 15 is 0 Å². The third kappa shape index (κ3) is 3.45. The minimum absolute atomic E-state index is 0.318. The average molecular weight is 254 g/mol. The van der Waals surface area contributed by atoms with Crippen LogP contribution in [-0.2, 0) is 9.53 Å². The Hall–Kier alpha value is -0.610. The zero-order valence-electron chi connectivity index (χ0n) is 11.7. The van der Waals surface area contributed by atoms with Crippen LogP contribution in [0.1, 0.15) is 39.0 Å². The summed E-state index contributed by atoms with van der Waals surface area (Å²) in [4.78, 5) is 16.6. The summed E-state index contributed by atoms with van der Waals surface area (Å²) in [6.07, 6.45) is 6.10. The largest absolute Gasteiger partial charge is 0.381 e. The molecule has 2 heterocycles. The van der Waals surface area contributed by atoms with E-state index in [0.29, 0.717) is 24.6 Å². The number of nitrogens with zero attached hydrogens (tertiary/aromatic N) is 2. The van der Waals surface area contributed by atoms with Crippen LogP contribution in [0.15, 0.2) is 0 Å². The number of ether oxygens (including phenoxy) is 1. The summed E-state index contributed by atoms with van der Waals surface area (Å²) >= 11 is 0. The number of hydrogen-bond acceptors (Lipinski definition) is 3. The molecule has 104 valence electrons. The number of carbonyl (C=O) groups is 1. The molecule has 0 unspecified atom stereocenters. The highest BCUT2D eigenvalue weighted by atomic mass is 16.5. The lowest BCUT2D eigenvalue weighted by Gasteiger charge is -2.36. The van der Waals surface area contributed by atoms with Crippen LogP contribution in [-0.4, -0.2) is 61.1 Å². The lowest BCUT2D eigenvalue weighted by molar-refractivity contribution is -0.136. The molecule has 1 atom stereocenters. The number of hydrogen-bond donors (Lipinski definition) is 0. The molecule has 0 saturated carbocycles. The molecule has 0 radical (unpaired) electrons. The predicted molar refractivity (Wildman–Crippen MR) is 71.5 cm³/mol. The minimum atomic E-state index is 0.318. The van der Waals surface area contributed by atoms with Gasteiger partial charge in [0, 0.05) is 32.8 Å². The highest BCUT2D eigenvalue weighted by molar-refractivity contribution is 5.78. The Morgan fingerprint density at radius 3 is 2.50 bits per heavy atom. The molecule has 0 spiro atoms. The second-order valence-corrected chi connectivity index (χ2v) is 5.64. The lowest BCUT2D eigenvalue weighted by atomic mass is 10.0. The van der Waals surface area contributed by atoms with Gasteiger partial charge in [0.15, 0.2) is 0 Å². The highest BCUT2D eigenvalue weighted by Gasteiger charge is 2.26. The first-order chi connectivity index (χ1) is 8.70. The summed E-state index contributed by atoms with van der Waals surface area (Å²) in [7, 11) is 1.78. The smallest absolute Gasteiger partial charge is 0.236 e. The maximum Gasteiger partial charge on any atom is 0.236 e. The number of rotatable bonds is 3. The number of carbonyl (C=O) groups excluding carboxylic acids is 1. The quantitative estimate of drug-likeness (QED) is 0.765. The van der Waals surface area contributed by atoms with Gasteiger partial charge in [-0.05, 0) is 39.0 Å². The van der Waals surface area contributed by atoms with Crippen molar-refractivity contribution in [1.29, 1.82) is 0 Å². The van der Waals surface area contributed by atoms with E-state index in [1.165, 1.54) is 12.8 Å². The van der Waals surface area contributed by atoms with Gasteiger partial charge in [-0.3, -0.25) is 9.69 Å². The molecule has 2 saturated heterocycles. The van der Waals surface area contributed by atoms with Crippen molar-refractivity contribution >= 4 is 5.91 Å². The van der Waals surface area contributed by atoms with Crippen molar-refractivity contribution in [2.24, 2.45) is 0 Å². The van der Waals surface area contributed by atoms with Gasteiger partial charge in [-0.15, -0.1) is 0 Å². The first kappa shape index (κ1) is 13.8. The Morgan fingerprint density at radius 1 is 1.17 bits per heavy atom. The number of piperidine rings is 2. The van der Waals surface area contributed by atoms with Crippen molar-refractivity contribution in [3.8, 4) is 0 Å². The summed E-state index contributed by atoms with van der Waals surface area (Å²) in [5, 5.41) is 0. The summed E-state index contributed by atoms with van der Waals surface area (Å²) in [5.74, 6) is 0.318. The molecule has 0 bridgehead atoms. The Balaban J connectivity index is 1.77. The molecule has 0 aromatic rings. The monoisotopic (exact) mass is 254 g/mol. The fraction of sp³-hybridized carbons (Fsp3) is 0.929. The van der Waals surface area contributed by atoms with Crippen molar-refractivity contribution in [1.82, 2.24) is 9.80 Å². The van der Waals surface area contributed by atoms with Crippen LogP contribution in [0, 0.1) is 0 Å². The molecular weight excluding hydrogens is 228 g/mol. The van der Waals surface area contributed by atoms with E-state index < -0.39 is 0 Å². The fourth-order valence-electron chi connectivity index (χ4n) is 3.05. The molecule has 2 rings (SSSR count). The third-order valence-corrected chi connectivity index (χ3v) is 4.35. The van der Waals surface area contributed by atoms with Gasteiger partial charge in [-0.2, -0.15) is 0 Å². The van der Waals surface area contributed by atoms with Gasteiger partial charge >= 0.3 is 0 Å². The predicted octanol–water partition coefficient (Wildman–Crippen LogP) is 1.50. The number of methoxy groups -OCH3 is 1. The van der Waals surface area contributed by atoms with E-state index in [2.05, 4.69) is 16.7 Å². The maximum atomic E-state index is 12.3. The van der Waals surface area contributed by atoms with Crippen LogP contribution < -0.4 is 0 Å². The van der Waals surface area contributed by atoms with E-state index in [4.69, 9.17) is 4.74 Å². The topological polar surface area (TPSA) is 32.8 Å². The molecule has 18 heavy (non-hydrogen) atoms.